The van der Waals surface area contributed by atoms with Crippen molar-refractivity contribution in [3.63, 3.8) is 0 Å². The van der Waals surface area contributed by atoms with Crippen molar-refractivity contribution in [2.75, 3.05) is 18.8 Å². The van der Waals surface area contributed by atoms with E-state index in [2.05, 4.69) is 5.32 Å². The van der Waals surface area contributed by atoms with Gasteiger partial charge < -0.3 is 5.32 Å². The van der Waals surface area contributed by atoms with E-state index >= 15 is 0 Å². The Hall–Kier alpha value is -2.18. The molecule has 3 rings (SSSR count). The second-order valence-electron chi connectivity index (χ2n) is 6.85. The van der Waals surface area contributed by atoms with Gasteiger partial charge in [-0.1, -0.05) is 60.7 Å². The van der Waals surface area contributed by atoms with Gasteiger partial charge in [-0.3, -0.25) is 4.79 Å². The molecule has 0 radical (unpaired) electrons. The van der Waals surface area contributed by atoms with Gasteiger partial charge in [0.15, 0.2) is 0 Å². The van der Waals surface area contributed by atoms with Gasteiger partial charge in [0, 0.05) is 13.1 Å². The summed E-state index contributed by atoms with van der Waals surface area (Å²) in [6, 6.07) is 18.9. The van der Waals surface area contributed by atoms with Crippen LogP contribution in [-0.4, -0.2) is 43.5 Å². The molecule has 1 aliphatic rings. The quantitative estimate of drug-likeness (QED) is 0.757. The number of nitrogens with one attached hydrogen (secondary N) is 1. The van der Waals surface area contributed by atoms with Crippen LogP contribution in [0.2, 0.25) is 0 Å². The number of hydrogen-bond donors (Lipinski definition) is 1. The highest BCUT2D eigenvalue weighted by Gasteiger charge is 2.38. The van der Waals surface area contributed by atoms with Crippen LogP contribution in [0.25, 0.3) is 0 Å². The molecule has 1 amide bonds. The normalized spacial score (nSPS) is 17.7. The Morgan fingerprint density at radius 2 is 1.56 bits per heavy atom. The number of benzene rings is 2. The van der Waals surface area contributed by atoms with E-state index in [1.807, 2.05) is 60.7 Å². The minimum absolute atomic E-state index is 0.0325. The number of rotatable bonds is 8. The van der Waals surface area contributed by atoms with E-state index in [-0.39, 0.29) is 11.7 Å². The molecule has 0 bridgehead atoms. The van der Waals surface area contributed by atoms with Crippen molar-refractivity contribution in [1.29, 1.82) is 0 Å². The number of nitrogens with zero attached hydrogens (tertiary/aromatic N) is 1. The Labute approximate surface area is 161 Å². The van der Waals surface area contributed by atoms with Crippen LogP contribution in [0.15, 0.2) is 60.7 Å². The van der Waals surface area contributed by atoms with Gasteiger partial charge in [0.05, 0.1) is 5.75 Å². The van der Waals surface area contributed by atoms with Gasteiger partial charge in [-0.05, 0) is 36.8 Å². The van der Waals surface area contributed by atoms with Crippen LogP contribution in [0.4, 0.5) is 0 Å². The standard InChI is InChI=1S/C21H26N2O3S/c24-21(22-15-13-18-8-3-1-4-9-18)20-12-7-16-23(20)27(25,26)17-14-19-10-5-2-6-11-19/h1-6,8-11,20H,7,12-17H2,(H,22,24). The zero-order valence-electron chi connectivity index (χ0n) is 15.4. The molecule has 6 heteroatoms. The SMILES string of the molecule is O=C(NCCc1ccccc1)C1CCCN1S(=O)(=O)CCc1ccccc1. The number of carbonyl (C=O) groups is 1. The molecule has 144 valence electrons. The lowest BCUT2D eigenvalue weighted by atomic mass is 10.1. The van der Waals surface area contributed by atoms with Crippen molar-refractivity contribution in [1.82, 2.24) is 9.62 Å². The summed E-state index contributed by atoms with van der Waals surface area (Å²) in [5.41, 5.74) is 2.14. The predicted octanol–water partition coefficient (Wildman–Crippen LogP) is 2.38. The Balaban J connectivity index is 1.54. The van der Waals surface area contributed by atoms with Crippen molar-refractivity contribution < 1.29 is 13.2 Å². The van der Waals surface area contributed by atoms with Gasteiger partial charge in [0.25, 0.3) is 0 Å². The Morgan fingerprint density at radius 1 is 0.963 bits per heavy atom. The van der Waals surface area contributed by atoms with Crippen molar-refractivity contribution in [2.24, 2.45) is 0 Å². The maximum absolute atomic E-state index is 12.8. The molecule has 1 heterocycles. The molecule has 2 aromatic rings. The molecule has 0 aliphatic carbocycles. The van der Waals surface area contributed by atoms with Crippen LogP contribution in [0, 0.1) is 0 Å². The van der Waals surface area contributed by atoms with Crippen molar-refractivity contribution in [2.45, 2.75) is 31.7 Å². The van der Waals surface area contributed by atoms with Crippen LogP contribution in [0.5, 0.6) is 0 Å². The third kappa shape index (κ3) is 5.40. The van der Waals surface area contributed by atoms with Crippen molar-refractivity contribution in [3.05, 3.63) is 71.8 Å². The Kier molecular flexibility index (Phi) is 6.63. The zero-order valence-corrected chi connectivity index (χ0v) is 16.2. The van der Waals surface area contributed by atoms with E-state index in [0.29, 0.717) is 25.9 Å². The molecule has 0 aromatic heterocycles. The monoisotopic (exact) mass is 386 g/mol. The highest BCUT2D eigenvalue weighted by atomic mass is 32.2. The summed E-state index contributed by atoms with van der Waals surface area (Å²) < 4.78 is 26.9. The lowest BCUT2D eigenvalue weighted by Crippen LogP contribution is -2.47. The van der Waals surface area contributed by atoms with Gasteiger partial charge in [0.1, 0.15) is 6.04 Å². The lowest BCUT2D eigenvalue weighted by molar-refractivity contribution is -0.124. The third-order valence-electron chi connectivity index (χ3n) is 4.91. The average Bonchev–Trinajstić information content (AvgIpc) is 3.19. The maximum atomic E-state index is 12.8. The van der Waals surface area contributed by atoms with E-state index in [4.69, 9.17) is 0 Å². The number of hydrogen-bond acceptors (Lipinski definition) is 3. The fourth-order valence-corrected chi connectivity index (χ4v) is 5.16. The van der Waals surface area contributed by atoms with Gasteiger partial charge >= 0.3 is 0 Å². The molecule has 1 atom stereocenters. The van der Waals surface area contributed by atoms with Gasteiger partial charge in [-0.2, -0.15) is 4.31 Å². The number of carbonyl (C=O) groups excluding carboxylic acids is 1. The van der Waals surface area contributed by atoms with Gasteiger partial charge in [-0.25, -0.2) is 8.42 Å². The zero-order chi connectivity index (χ0) is 19.1. The minimum atomic E-state index is -3.46. The number of amides is 1. The second-order valence-corrected chi connectivity index (χ2v) is 8.89. The fourth-order valence-electron chi connectivity index (χ4n) is 3.44. The summed E-state index contributed by atoms with van der Waals surface area (Å²) in [4.78, 5) is 12.5. The van der Waals surface area contributed by atoms with Crippen LogP contribution in [-0.2, 0) is 27.7 Å². The molecule has 1 saturated heterocycles. The van der Waals surface area contributed by atoms with Gasteiger partial charge in [-0.15, -0.1) is 0 Å². The van der Waals surface area contributed by atoms with Crippen LogP contribution < -0.4 is 5.32 Å². The number of aryl methyl sites for hydroxylation is 1. The minimum Gasteiger partial charge on any atom is -0.354 e. The summed E-state index contributed by atoms with van der Waals surface area (Å²) in [6.07, 6.45) is 2.51. The molecule has 1 N–H and O–H groups in total. The largest absolute Gasteiger partial charge is 0.354 e. The van der Waals surface area contributed by atoms with E-state index in [1.54, 1.807) is 0 Å². The molecule has 1 fully saturated rings. The fraction of sp³-hybridized carbons (Fsp3) is 0.381. The topological polar surface area (TPSA) is 66.5 Å². The third-order valence-corrected chi connectivity index (χ3v) is 6.78. The lowest BCUT2D eigenvalue weighted by Gasteiger charge is -2.23. The van der Waals surface area contributed by atoms with Crippen molar-refractivity contribution in [3.8, 4) is 0 Å². The highest BCUT2D eigenvalue weighted by Crippen LogP contribution is 2.22. The molecule has 1 aliphatic heterocycles. The molecule has 1 unspecified atom stereocenters. The first-order chi connectivity index (χ1) is 13.1. The predicted molar refractivity (Wildman–Crippen MR) is 107 cm³/mol. The second kappa shape index (κ2) is 9.15. The molecule has 27 heavy (non-hydrogen) atoms. The first kappa shape index (κ1) is 19.6. The summed E-state index contributed by atoms with van der Waals surface area (Å²) in [5, 5.41) is 2.90. The number of sulfonamides is 1. The molecule has 0 spiro atoms. The molecule has 0 saturated carbocycles. The first-order valence-electron chi connectivity index (χ1n) is 9.41. The highest BCUT2D eigenvalue weighted by molar-refractivity contribution is 7.89. The first-order valence-corrected chi connectivity index (χ1v) is 11.0. The van der Waals surface area contributed by atoms with E-state index < -0.39 is 16.1 Å². The van der Waals surface area contributed by atoms with E-state index in [1.165, 1.54) is 4.31 Å². The molecular formula is C21H26N2O3S. The molecule has 2 aromatic carbocycles. The summed E-state index contributed by atoms with van der Waals surface area (Å²) in [6.45, 7) is 0.936. The Bertz CT molecular complexity index is 838. The summed E-state index contributed by atoms with van der Waals surface area (Å²) >= 11 is 0. The molecule has 5 nitrogen and oxygen atoms in total. The van der Waals surface area contributed by atoms with Gasteiger partial charge in [0.2, 0.25) is 15.9 Å². The van der Waals surface area contributed by atoms with Crippen LogP contribution in [0.1, 0.15) is 24.0 Å². The van der Waals surface area contributed by atoms with E-state index in [0.717, 1.165) is 24.0 Å². The van der Waals surface area contributed by atoms with E-state index in [9.17, 15) is 13.2 Å². The average molecular weight is 387 g/mol. The smallest absolute Gasteiger partial charge is 0.238 e. The molecular weight excluding hydrogens is 360 g/mol. The van der Waals surface area contributed by atoms with Crippen molar-refractivity contribution >= 4 is 15.9 Å². The van der Waals surface area contributed by atoms with Crippen LogP contribution >= 0.6 is 0 Å². The Morgan fingerprint density at radius 3 is 2.19 bits per heavy atom. The summed E-state index contributed by atoms with van der Waals surface area (Å²) in [5.74, 6) is -0.156. The van der Waals surface area contributed by atoms with Crippen LogP contribution in [0.3, 0.4) is 0 Å². The summed E-state index contributed by atoms with van der Waals surface area (Å²) in [7, 11) is -3.46. The maximum Gasteiger partial charge on any atom is 0.238 e.